The van der Waals surface area contributed by atoms with E-state index in [-0.39, 0.29) is 0 Å². The Morgan fingerprint density at radius 2 is 1.96 bits per heavy atom. The molecule has 0 aliphatic heterocycles. The van der Waals surface area contributed by atoms with Crippen molar-refractivity contribution < 1.29 is 9.53 Å². The molecule has 124 valence electrons. The van der Waals surface area contributed by atoms with Crippen LogP contribution in [0.1, 0.15) is 60.8 Å². The van der Waals surface area contributed by atoms with Gasteiger partial charge in [-0.25, -0.2) is 4.98 Å². The highest BCUT2D eigenvalue weighted by atomic mass is 32.1. The van der Waals surface area contributed by atoms with Gasteiger partial charge < -0.3 is 4.74 Å². The van der Waals surface area contributed by atoms with E-state index < -0.39 is 0 Å². The van der Waals surface area contributed by atoms with Gasteiger partial charge >= 0.3 is 0 Å². The number of hydrogen-bond donors (Lipinski definition) is 0. The number of carbonyl (C=O) groups excluding carboxylic acids is 1. The van der Waals surface area contributed by atoms with Crippen LogP contribution < -0.4 is 4.74 Å². The molecule has 0 spiro atoms. The molecule has 1 aromatic heterocycles. The minimum Gasteiger partial charge on any atom is -0.496 e. The number of unbranched alkanes of at least 4 members (excludes halogenated alkanes) is 5. The molecule has 0 bridgehead atoms. The Kier molecular flexibility index (Phi) is 7.27. The van der Waals surface area contributed by atoms with E-state index in [1.807, 2.05) is 11.4 Å². The van der Waals surface area contributed by atoms with E-state index in [1.165, 1.54) is 55.4 Å². The fraction of sp³-hybridized carbons (Fsp3) is 0.474. The summed E-state index contributed by atoms with van der Waals surface area (Å²) in [7, 11) is 1.67. The van der Waals surface area contributed by atoms with Gasteiger partial charge in [0.2, 0.25) is 0 Å². The topological polar surface area (TPSA) is 39.2 Å². The number of aldehydes is 1. The zero-order chi connectivity index (χ0) is 16.5. The number of methoxy groups -OCH3 is 1. The van der Waals surface area contributed by atoms with E-state index in [0.29, 0.717) is 5.01 Å². The van der Waals surface area contributed by atoms with E-state index in [2.05, 4.69) is 24.0 Å². The summed E-state index contributed by atoms with van der Waals surface area (Å²) in [6.45, 7) is 2.24. The van der Waals surface area contributed by atoms with Crippen LogP contribution in [0.25, 0.3) is 11.3 Å². The average Bonchev–Trinajstić information content (AvgIpc) is 3.07. The third-order valence-corrected chi connectivity index (χ3v) is 4.75. The molecule has 0 N–H and O–H groups in total. The Labute approximate surface area is 142 Å². The summed E-state index contributed by atoms with van der Waals surface area (Å²) in [5, 5.41) is 2.42. The molecule has 0 fully saturated rings. The van der Waals surface area contributed by atoms with Gasteiger partial charge in [0.25, 0.3) is 0 Å². The zero-order valence-electron chi connectivity index (χ0n) is 14.0. The van der Waals surface area contributed by atoms with Crippen molar-refractivity contribution in [3.05, 3.63) is 34.2 Å². The summed E-state index contributed by atoms with van der Waals surface area (Å²) in [4.78, 5) is 15.2. The first-order valence-electron chi connectivity index (χ1n) is 8.36. The number of carbonyl (C=O) groups is 1. The number of ether oxygens (including phenoxy) is 1. The fourth-order valence-corrected chi connectivity index (χ4v) is 3.30. The molecule has 2 aromatic rings. The normalized spacial score (nSPS) is 10.7. The van der Waals surface area contributed by atoms with Gasteiger partial charge in [-0.15, -0.1) is 11.3 Å². The highest BCUT2D eigenvalue weighted by Crippen LogP contribution is 2.32. The Morgan fingerprint density at radius 1 is 1.17 bits per heavy atom. The highest BCUT2D eigenvalue weighted by molar-refractivity contribution is 7.11. The van der Waals surface area contributed by atoms with Crippen molar-refractivity contribution >= 4 is 17.6 Å². The van der Waals surface area contributed by atoms with E-state index in [0.717, 1.165) is 29.7 Å². The van der Waals surface area contributed by atoms with E-state index in [4.69, 9.17) is 4.74 Å². The molecule has 0 atom stereocenters. The van der Waals surface area contributed by atoms with E-state index in [9.17, 15) is 4.79 Å². The molecule has 0 radical (unpaired) electrons. The van der Waals surface area contributed by atoms with E-state index >= 15 is 0 Å². The number of benzene rings is 1. The summed E-state index contributed by atoms with van der Waals surface area (Å²) in [5.41, 5.74) is 3.09. The molecule has 0 saturated carbocycles. The van der Waals surface area contributed by atoms with Crippen molar-refractivity contribution in [2.24, 2.45) is 0 Å². The lowest BCUT2D eigenvalue weighted by atomic mass is 10.0. The van der Waals surface area contributed by atoms with Crippen LogP contribution in [0.5, 0.6) is 5.75 Å². The van der Waals surface area contributed by atoms with Gasteiger partial charge in [0.1, 0.15) is 5.75 Å². The maximum Gasteiger partial charge on any atom is 0.178 e. The van der Waals surface area contributed by atoms with Crippen molar-refractivity contribution in [3.63, 3.8) is 0 Å². The first-order valence-corrected chi connectivity index (χ1v) is 9.24. The van der Waals surface area contributed by atoms with Gasteiger partial charge in [-0.05, 0) is 30.5 Å². The van der Waals surface area contributed by atoms with Crippen LogP contribution in [0.4, 0.5) is 0 Å². The Bertz CT molecular complexity index is 622. The molecule has 0 aliphatic carbocycles. The number of aromatic nitrogens is 1. The largest absolute Gasteiger partial charge is 0.496 e. The van der Waals surface area contributed by atoms with Crippen molar-refractivity contribution in [2.75, 3.05) is 7.11 Å². The molecule has 0 unspecified atom stereocenters. The second-order valence-electron chi connectivity index (χ2n) is 5.74. The maximum absolute atomic E-state index is 10.8. The predicted octanol–water partition coefficient (Wildman–Crippen LogP) is 5.53. The lowest BCUT2D eigenvalue weighted by Crippen LogP contribution is -1.92. The minimum atomic E-state index is 0.503. The van der Waals surface area contributed by atoms with Crippen molar-refractivity contribution in [1.82, 2.24) is 4.98 Å². The van der Waals surface area contributed by atoms with E-state index in [1.54, 1.807) is 7.11 Å². The van der Waals surface area contributed by atoms with Gasteiger partial charge in [-0.3, -0.25) is 4.79 Å². The number of nitrogens with zero attached hydrogens (tertiary/aromatic N) is 1. The van der Waals surface area contributed by atoms with Gasteiger partial charge in [0.05, 0.1) is 12.8 Å². The van der Waals surface area contributed by atoms with Gasteiger partial charge in [-0.2, -0.15) is 0 Å². The molecular weight excluding hydrogens is 306 g/mol. The maximum atomic E-state index is 10.8. The highest BCUT2D eigenvalue weighted by Gasteiger charge is 2.11. The third kappa shape index (κ3) is 5.17. The van der Waals surface area contributed by atoms with Gasteiger partial charge in [-0.1, -0.05) is 45.1 Å². The molecule has 0 saturated heterocycles. The number of thiazole rings is 1. The first kappa shape index (κ1) is 17.7. The average molecular weight is 331 g/mol. The zero-order valence-corrected chi connectivity index (χ0v) is 14.8. The van der Waals surface area contributed by atoms with Crippen LogP contribution in [-0.4, -0.2) is 18.4 Å². The SMILES string of the molecule is CCCCCCCCc1ccc(OC)c(-c2csc(C=O)n2)c1. The number of aryl methyl sites for hydroxylation is 1. The van der Waals surface area contributed by atoms with Crippen LogP contribution in [0.2, 0.25) is 0 Å². The van der Waals surface area contributed by atoms with Crippen molar-refractivity contribution in [2.45, 2.75) is 51.9 Å². The molecule has 0 amide bonds. The molecular formula is C19H25NO2S. The first-order chi connectivity index (χ1) is 11.3. The molecule has 3 nitrogen and oxygen atoms in total. The molecule has 1 heterocycles. The van der Waals surface area contributed by atoms with Crippen LogP contribution in [0.15, 0.2) is 23.6 Å². The predicted molar refractivity (Wildman–Crippen MR) is 96.6 cm³/mol. The second-order valence-corrected chi connectivity index (χ2v) is 6.63. The van der Waals surface area contributed by atoms with Crippen molar-refractivity contribution in [3.8, 4) is 17.0 Å². The summed E-state index contributed by atoms with van der Waals surface area (Å²) >= 11 is 1.36. The lowest BCUT2D eigenvalue weighted by Gasteiger charge is -2.09. The van der Waals surface area contributed by atoms with Crippen LogP contribution >= 0.6 is 11.3 Å². The standard InChI is InChI=1S/C19H25NO2S/c1-3-4-5-6-7-8-9-15-10-11-18(22-2)16(12-15)17-14-23-19(13-21)20-17/h10-14H,3-9H2,1-2H3. The van der Waals surface area contributed by atoms with Gasteiger partial charge in [0, 0.05) is 10.9 Å². The fourth-order valence-electron chi connectivity index (χ4n) is 2.69. The number of hydrogen-bond acceptors (Lipinski definition) is 4. The molecule has 0 aliphatic rings. The monoisotopic (exact) mass is 331 g/mol. The molecule has 1 aromatic carbocycles. The lowest BCUT2D eigenvalue weighted by molar-refractivity contribution is 0.112. The Morgan fingerprint density at radius 3 is 2.65 bits per heavy atom. The van der Waals surface area contributed by atoms with Crippen LogP contribution in [0, 0.1) is 0 Å². The molecule has 4 heteroatoms. The minimum absolute atomic E-state index is 0.503. The smallest absolute Gasteiger partial charge is 0.178 e. The van der Waals surface area contributed by atoms with Crippen LogP contribution in [0.3, 0.4) is 0 Å². The molecule has 23 heavy (non-hydrogen) atoms. The summed E-state index contributed by atoms with van der Waals surface area (Å²) < 4.78 is 5.44. The Hall–Kier alpha value is -1.68. The summed E-state index contributed by atoms with van der Waals surface area (Å²) in [6, 6.07) is 6.28. The molecule has 2 rings (SSSR count). The second kappa shape index (κ2) is 9.46. The third-order valence-electron chi connectivity index (χ3n) is 3.98. The van der Waals surface area contributed by atoms with Crippen LogP contribution in [-0.2, 0) is 6.42 Å². The number of rotatable bonds is 10. The van der Waals surface area contributed by atoms with Gasteiger partial charge in [0.15, 0.2) is 11.3 Å². The summed E-state index contributed by atoms with van der Waals surface area (Å²) in [5.74, 6) is 0.805. The Balaban J connectivity index is 2.02. The summed E-state index contributed by atoms with van der Waals surface area (Å²) in [6.07, 6.45) is 9.67. The quantitative estimate of drug-likeness (QED) is 0.424. The van der Waals surface area contributed by atoms with Crippen molar-refractivity contribution in [1.29, 1.82) is 0 Å².